The summed E-state index contributed by atoms with van der Waals surface area (Å²) >= 11 is 0. The number of rotatable bonds is 7. The van der Waals surface area contributed by atoms with Gasteiger partial charge in [-0.2, -0.15) is 0 Å². The van der Waals surface area contributed by atoms with Gasteiger partial charge >= 0.3 is 5.69 Å². The topological polar surface area (TPSA) is 98.4 Å². The number of likely N-dealkylation sites (tertiary alicyclic amines) is 1. The minimum atomic E-state index is -3.26. The lowest BCUT2D eigenvalue weighted by atomic mass is 10.0. The molecule has 1 aromatic carbocycles. The summed E-state index contributed by atoms with van der Waals surface area (Å²) in [6, 6.07) is 6.93. The van der Waals surface area contributed by atoms with Gasteiger partial charge in [-0.15, -0.1) is 0 Å². The summed E-state index contributed by atoms with van der Waals surface area (Å²) in [6.45, 7) is 2.57. The molecule has 0 N–H and O–H groups in total. The van der Waals surface area contributed by atoms with Crippen LogP contribution in [-0.2, 0) is 27.7 Å². The summed E-state index contributed by atoms with van der Waals surface area (Å²) in [4.78, 5) is 41.4. The number of para-hydroxylation sites is 1. The van der Waals surface area contributed by atoms with Crippen LogP contribution in [0.5, 0.6) is 0 Å². The maximum atomic E-state index is 13.4. The summed E-state index contributed by atoms with van der Waals surface area (Å²) in [7, 11) is -3.26. The Balaban J connectivity index is 1.59. The van der Waals surface area contributed by atoms with Crippen molar-refractivity contribution in [2.75, 3.05) is 12.3 Å². The lowest BCUT2D eigenvalue weighted by molar-refractivity contribution is -0.135. The lowest BCUT2D eigenvalue weighted by Crippen LogP contribution is -2.47. The van der Waals surface area contributed by atoms with E-state index in [0.29, 0.717) is 30.3 Å². The quantitative estimate of drug-likeness (QED) is 0.596. The maximum Gasteiger partial charge on any atom is 0.331 e. The number of hydrogen-bond acceptors (Lipinski definition) is 5. The van der Waals surface area contributed by atoms with Gasteiger partial charge < -0.3 is 4.90 Å². The van der Waals surface area contributed by atoms with Gasteiger partial charge in [0.15, 0.2) is 9.84 Å². The highest BCUT2D eigenvalue weighted by molar-refractivity contribution is 7.92. The fraction of sp³-hybridized carbons (Fsp3) is 0.640. The third-order valence-corrected chi connectivity index (χ3v) is 9.76. The Morgan fingerprint density at radius 1 is 0.971 bits per heavy atom. The van der Waals surface area contributed by atoms with E-state index in [9.17, 15) is 22.8 Å². The van der Waals surface area contributed by atoms with E-state index < -0.39 is 21.1 Å². The van der Waals surface area contributed by atoms with Crippen LogP contribution in [0.3, 0.4) is 0 Å². The van der Waals surface area contributed by atoms with Crippen molar-refractivity contribution in [1.29, 1.82) is 0 Å². The van der Waals surface area contributed by atoms with E-state index in [2.05, 4.69) is 0 Å². The number of carbonyl (C=O) groups is 1. The minimum Gasteiger partial charge on any atom is -0.338 e. The Morgan fingerprint density at radius 2 is 1.68 bits per heavy atom. The van der Waals surface area contributed by atoms with E-state index >= 15 is 0 Å². The van der Waals surface area contributed by atoms with Gasteiger partial charge in [0.05, 0.1) is 21.9 Å². The molecule has 0 radical (unpaired) electrons. The van der Waals surface area contributed by atoms with Crippen LogP contribution in [0.2, 0.25) is 0 Å². The highest BCUT2D eigenvalue weighted by Crippen LogP contribution is 2.24. The molecule has 2 heterocycles. The molecule has 1 unspecified atom stereocenters. The standard InChI is InChI=1S/C25H35N3O5S/c1-19-10-7-8-15-26(19)23(29)18-28-22-14-6-5-13-21(22)24(30)27(25(28)31)16-9-17-34(32,33)20-11-3-2-4-12-20/h5-6,13-14,19-20H,2-4,7-12,15-18H2,1H3. The first-order chi connectivity index (χ1) is 16.3. The number of benzene rings is 1. The number of amides is 1. The van der Waals surface area contributed by atoms with Crippen LogP contribution < -0.4 is 11.2 Å². The van der Waals surface area contributed by atoms with Crippen molar-refractivity contribution >= 4 is 26.6 Å². The summed E-state index contributed by atoms with van der Waals surface area (Å²) in [5.74, 6) is -0.176. The number of nitrogens with zero attached hydrogens (tertiary/aromatic N) is 3. The molecule has 2 aromatic rings. The van der Waals surface area contributed by atoms with Crippen LogP contribution in [0.15, 0.2) is 33.9 Å². The van der Waals surface area contributed by atoms with Crippen LogP contribution >= 0.6 is 0 Å². The molecule has 1 aliphatic carbocycles. The third-order valence-electron chi connectivity index (χ3n) is 7.42. The van der Waals surface area contributed by atoms with Gasteiger partial charge in [-0.3, -0.25) is 18.7 Å². The van der Waals surface area contributed by atoms with E-state index in [1.807, 2.05) is 11.8 Å². The Hall–Kier alpha value is -2.42. The molecule has 0 bridgehead atoms. The summed E-state index contributed by atoms with van der Waals surface area (Å²) < 4.78 is 28.0. The zero-order valence-electron chi connectivity index (χ0n) is 19.9. The average molecular weight is 490 g/mol. The SMILES string of the molecule is CC1CCCCN1C(=O)Cn1c(=O)n(CCCS(=O)(=O)C2CCCCC2)c(=O)c2ccccc21. The molecule has 8 nitrogen and oxygen atoms in total. The van der Waals surface area contributed by atoms with Gasteiger partial charge in [-0.25, -0.2) is 13.2 Å². The predicted octanol–water partition coefficient (Wildman–Crippen LogP) is 2.70. The molecule has 186 valence electrons. The fourth-order valence-electron chi connectivity index (χ4n) is 5.43. The van der Waals surface area contributed by atoms with Crippen LogP contribution in [0.1, 0.15) is 64.7 Å². The normalized spacial score (nSPS) is 20.0. The van der Waals surface area contributed by atoms with Gasteiger partial charge in [0.2, 0.25) is 5.91 Å². The molecule has 34 heavy (non-hydrogen) atoms. The summed E-state index contributed by atoms with van der Waals surface area (Å²) in [5, 5.41) is 0.0483. The summed E-state index contributed by atoms with van der Waals surface area (Å²) in [5.41, 5.74) is -0.566. The van der Waals surface area contributed by atoms with Gasteiger partial charge in [0.1, 0.15) is 6.54 Å². The smallest absolute Gasteiger partial charge is 0.331 e. The molecule has 1 aliphatic heterocycles. The molecule has 2 fully saturated rings. The maximum absolute atomic E-state index is 13.4. The average Bonchev–Trinajstić information content (AvgIpc) is 2.84. The molecular formula is C25H35N3O5S. The first kappa shape index (κ1) is 24.7. The van der Waals surface area contributed by atoms with E-state index in [1.54, 1.807) is 24.3 Å². The number of aromatic nitrogens is 2. The van der Waals surface area contributed by atoms with Crippen molar-refractivity contribution in [3.8, 4) is 0 Å². The van der Waals surface area contributed by atoms with Gasteiger partial charge in [0, 0.05) is 19.1 Å². The molecule has 1 atom stereocenters. The van der Waals surface area contributed by atoms with Crippen LogP contribution in [0.25, 0.3) is 10.9 Å². The predicted molar refractivity (Wildman–Crippen MR) is 133 cm³/mol. The zero-order chi connectivity index (χ0) is 24.3. The summed E-state index contributed by atoms with van der Waals surface area (Å²) in [6.07, 6.45) is 7.50. The fourth-order valence-corrected chi connectivity index (χ4v) is 7.35. The number of carbonyl (C=O) groups excluding carboxylic acids is 1. The lowest BCUT2D eigenvalue weighted by Gasteiger charge is -2.33. The van der Waals surface area contributed by atoms with Crippen molar-refractivity contribution in [1.82, 2.24) is 14.0 Å². The Labute approximate surface area is 200 Å². The minimum absolute atomic E-state index is 0.0166. The molecule has 1 saturated heterocycles. The number of hydrogen-bond donors (Lipinski definition) is 0. The van der Waals surface area contributed by atoms with Crippen molar-refractivity contribution in [3.05, 3.63) is 45.1 Å². The molecule has 2 aliphatic rings. The Kier molecular flexibility index (Phi) is 7.60. The zero-order valence-corrected chi connectivity index (χ0v) is 20.8. The molecule has 0 spiro atoms. The largest absolute Gasteiger partial charge is 0.338 e. The van der Waals surface area contributed by atoms with Crippen molar-refractivity contribution < 1.29 is 13.2 Å². The first-order valence-electron chi connectivity index (χ1n) is 12.5. The highest BCUT2D eigenvalue weighted by atomic mass is 32.2. The molecule has 1 saturated carbocycles. The first-order valence-corrected chi connectivity index (χ1v) is 14.2. The van der Waals surface area contributed by atoms with Crippen molar-refractivity contribution in [2.24, 2.45) is 0 Å². The van der Waals surface area contributed by atoms with Crippen LogP contribution in [-0.4, -0.2) is 51.9 Å². The van der Waals surface area contributed by atoms with Crippen molar-refractivity contribution in [3.63, 3.8) is 0 Å². The second-order valence-electron chi connectivity index (χ2n) is 9.76. The molecule has 4 rings (SSSR count). The Bertz CT molecular complexity index is 1260. The van der Waals surface area contributed by atoms with Gasteiger partial charge in [0.25, 0.3) is 5.56 Å². The van der Waals surface area contributed by atoms with E-state index in [1.165, 1.54) is 4.57 Å². The van der Waals surface area contributed by atoms with E-state index in [0.717, 1.165) is 43.1 Å². The molecule has 1 aromatic heterocycles. The van der Waals surface area contributed by atoms with Crippen LogP contribution in [0.4, 0.5) is 0 Å². The second-order valence-corrected chi connectivity index (χ2v) is 12.2. The number of piperidine rings is 1. The van der Waals surface area contributed by atoms with Gasteiger partial charge in [-0.1, -0.05) is 31.4 Å². The van der Waals surface area contributed by atoms with Gasteiger partial charge in [-0.05, 0) is 57.6 Å². The molecular weight excluding hydrogens is 454 g/mol. The van der Waals surface area contributed by atoms with E-state index in [-0.39, 0.29) is 42.5 Å². The Morgan fingerprint density at radius 3 is 2.41 bits per heavy atom. The molecule has 9 heteroatoms. The number of sulfone groups is 1. The second kappa shape index (κ2) is 10.5. The monoisotopic (exact) mass is 489 g/mol. The third kappa shape index (κ3) is 5.14. The van der Waals surface area contributed by atoms with E-state index in [4.69, 9.17) is 0 Å². The highest BCUT2D eigenvalue weighted by Gasteiger charge is 2.27. The molecule has 1 amide bonds. The number of fused-ring (bicyclic) bond motifs is 1. The van der Waals surface area contributed by atoms with Crippen molar-refractivity contribution in [2.45, 2.75) is 89.1 Å². The van der Waals surface area contributed by atoms with Crippen LogP contribution in [0, 0.1) is 0 Å².